The second-order valence-corrected chi connectivity index (χ2v) is 10.1. The third-order valence-corrected chi connectivity index (χ3v) is 7.30. The highest BCUT2D eigenvalue weighted by atomic mass is 19.1. The molecule has 37 heavy (non-hydrogen) atoms. The summed E-state index contributed by atoms with van der Waals surface area (Å²) >= 11 is 0. The summed E-state index contributed by atoms with van der Waals surface area (Å²) in [6.45, 7) is 3.42. The zero-order valence-corrected chi connectivity index (χ0v) is 20.8. The summed E-state index contributed by atoms with van der Waals surface area (Å²) in [7, 11) is 0. The van der Waals surface area contributed by atoms with E-state index in [1.807, 2.05) is 12.1 Å². The first-order valence-corrected chi connectivity index (χ1v) is 13.1. The van der Waals surface area contributed by atoms with E-state index in [4.69, 9.17) is 10.5 Å². The maximum atomic E-state index is 13.4. The first-order valence-electron chi connectivity index (χ1n) is 13.1. The Bertz CT molecular complexity index is 1110. The maximum absolute atomic E-state index is 13.4. The molecule has 2 amide bonds. The maximum Gasteiger partial charge on any atom is 0.237 e. The highest BCUT2D eigenvalue weighted by Gasteiger charge is 2.35. The SMILES string of the molecule is NC(=O)C1CC(NC2CCNC2=O)NC(c2ccc(Oc3ccc(F)cc3)c(CN3CCCCC3)c2)N1. The first kappa shape index (κ1) is 25.6. The molecule has 0 saturated carbocycles. The molecule has 3 fully saturated rings. The van der Waals surface area contributed by atoms with Crippen LogP contribution in [0.3, 0.4) is 0 Å². The molecule has 4 unspecified atom stereocenters. The number of hydrogen-bond donors (Lipinski definition) is 5. The molecule has 3 aliphatic heterocycles. The van der Waals surface area contributed by atoms with Gasteiger partial charge in [-0.1, -0.05) is 12.5 Å². The number of nitrogens with zero attached hydrogens (tertiary/aromatic N) is 1. The highest BCUT2D eigenvalue weighted by Crippen LogP contribution is 2.31. The van der Waals surface area contributed by atoms with Gasteiger partial charge in [-0.15, -0.1) is 0 Å². The molecule has 10 heteroatoms. The van der Waals surface area contributed by atoms with Gasteiger partial charge in [-0.25, -0.2) is 4.39 Å². The van der Waals surface area contributed by atoms with Crippen molar-refractivity contribution in [2.75, 3.05) is 19.6 Å². The zero-order valence-electron chi connectivity index (χ0n) is 20.8. The second kappa shape index (κ2) is 11.6. The van der Waals surface area contributed by atoms with Crippen LogP contribution in [0.2, 0.25) is 0 Å². The predicted octanol–water partition coefficient (Wildman–Crippen LogP) is 1.84. The number of halogens is 1. The van der Waals surface area contributed by atoms with Crippen LogP contribution in [-0.2, 0) is 16.1 Å². The van der Waals surface area contributed by atoms with Gasteiger partial charge < -0.3 is 15.8 Å². The summed E-state index contributed by atoms with van der Waals surface area (Å²) in [4.78, 5) is 26.7. The second-order valence-electron chi connectivity index (χ2n) is 10.1. The average molecular weight is 511 g/mol. The summed E-state index contributed by atoms with van der Waals surface area (Å²) < 4.78 is 19.6. The topological polar surface area (TPSA) is 121 Å². The van der Waals surface area contributed by atoms with Gasteiger partial charge in [0.25, 0.3) is 0 Å². The predicted molar refractivity (Wildman–Crippen MR) is 137 cm³/mol. The number of rotatable bonds is 8. The minimum absolute atomic E-state index is 0.0291. The van der Waals surface area contributed by atoms with Gasteiger partial charge in [0.15, 0.2) is 0 Å². The molecular formula is C27H35FN6O3. The third kappa shape index (κ3) is 6.45. The molecule has 9 nitrogen and oxygen atoms in total. The van der Waals surface area contributed by atoms with Crippen LogP contribution in [0.15, 0.2) is 42.5 Å². The van der Waals surface area contributed by atoms with Gasteiger partial charge in [0.05, 0.1) is 24.4 Å². The summed E-state index contributed by atoms with van der Waals surface area (Å²) in [6.07, 6.45) is 4.09. The molecule has 3 heterocycles. The van der Waals surface area contributed by atoms with Gasteiger partial charge in [0.1, 0.15) is 17.3 Å². The molecule has 3 aliphatic rings. The van der Waals surface area contributed by atoms with Gasteiger partial charge in [-0.3, -0.25) is 30.4 Å². The lowest BCUT2D eigenvalue weighted by molar-refractivity contribution is -0.121. The smallest absolute Gasteiger partial charge is 0.237 e. The normalized spacial score (nSPS) is 26.6. The van der Waals surface area contributed by atoms with Crippen molar-refractivity contribution >= 4 is 11.8 Å². The number of carbonyl (C=O) groups is 2. The average Bonchev–Trinajstić information content (AvgIpc) is 3.30. The fourth-order valence-electron chi connectivity index (χ4n) is 5.32. The number of hydrogen-bond acceptors (Lipinski definition) is 7. The van der Waals surface area contributed by atoms with Crippen molar-refractivity contribution in [1.29, 1.82) is 0 Å². The van der Waals surface area contributed by atoms with Crippen molar-refractivity contribution < 1.29 is 18.7 Å². The molecule has 4 atom stereocenters. The monoisotopic (exact) mass is 510 g/mol. The van der Waals surface area contributed by atoms with E-state index in [2.05, 4.69) is 32.2 Å². The van der Waals surface area contributed by atoms with Crippen LogP contribution in [0.25, 0.3) is 0 Å². The summed E-state index contributed by atoms with van der Waals surface area (Å²) in [5.41, 5.74) is 7.63. The van der Waals surface area contributed by atoms with Gasteiger partial charge in [-0.05, 0) is 74.3 Å². The Balaban J connectivity index is 1.39. The van der Waals surface area contributed by atoms with E-state index in [1.165, 1.54) is 31.4 Å². The Hall–Kier alpha value is -3.05. The number of benzene rings is 2. The number of nitrogens with two attached hydrogens (primary N) is 1. The Morgan fingerprint density at radius 2 is 1.89 bits per heavy atom. The van der Waals surface area contributed by atoms with E-state index in [0.29, 0.717) is 30.9 Å². The Morgan fingerprint density at radius 3 is 2.59 bits per heavy atom. The van der Waals surface area contributed by atoms with Gasteiger partial charge in [0, 0.05) is 25.1 Å². The molecule has 0 aromatic heterocycles. The molecule has 0 spiro atoms. The van der Waals surface area contributed by atoms with E-state index < -0.39 is 11.9 Å². The van der Waals surface area contributed by atoms with Crippen LogP contribution in [0, 0.1) is 5.82 Å². The quantitative estimate of drug-likeness (QED) is 0.368. The summed E-state index contributed by atoms with van der Waals surface area (Å²) in [6, 6.07) is 11.1. The van der Waals surface area contributed by atoms with Crippen molar-refractivity contribution in [3.05, 3.63) is 59.4 Å². The molecule has 0 aliphatic carbocycles. The van der Waals surface area contributed by atoms with Gasteiger partial charge in [0.2, 0.25) is 11.8 Å². The van der Waals surface area contributed by atoms with Crippen LogP contribution >= 0.6 is 0 Å². The van der Waals surface area contributed by atoms with Crippen molar-refractivity contribution in [2.24, 2.45) is 5.73 Å². The van der Waals surface area contributed by atoms with Crippen molar-refractivity contribution in [1.82, 2.24) is 26.2 Å². The number of carbonyl (C=O) groups excluding carboxylic acids is 2. The lowest BCUT2D eigenvalue weighted by atomic mass is 10.0. The fraction of sp³-hybridized carbons (Fsp3) is 0.481. The summed E-state index contributed by atoms with van der Waals surface area (Å²) in [5.74, 6) is 0.502. The van der Waals surface area contributed by atoms with E-state index in [-0.39, 0.29) is 30.1 Å². The van der Waals surface area contributed by atoms with Crippen LogP contribution in [0.1, 0.15) is 49.4 Å². The standard InChI is InChI=1S/C27H35FN6O3/c28-19-5-7-20(8-6-19)37-23-9-4-17(14-18(23)16-34-12-2-1-3-13-34)26-32-22(25(29)35)15-24(33-26)31-21-10-11-30-27(21)36/h4-9,14,21-22,24,26,31-33H,1-3,10-13,15-16H2,(H2,29,35)(H,30,36). The summed E-state index contributed by atoms with van der Waals surface area (Å²) in [5, 5.41) is 13.0. The molecule has 198 valence electrons. The largest absolute Gasteiger partial charge is 0.457 e. The van der Waals surface area contributed by atoms with Gasteiger partial charge in [-0.2, -0.15) is 0 Å². The minimum atomic E-state index is -0.547. The van der Waals surface area contributed by atoms with E-state index in [0.717, 1.165) is 30.8 Å². The number of likely N-dealkylation sites (tertiary alicyclic amines) is 1. The minimum Gasteiger partial charge on any atom is -0.457 e. The molecule has 0 radical (unpaired) electrons. The molecule has 5 rings (SSSR count). The Morgan fingerprint density at radius 1 is 1.11 bits per heavy atom. The lowest BCUT2D eigenvalue weighted by Crippen LogP contribution is -2.62. The number of piperidine rings is 1. The van der Waals surface area contributed by atoms with Crippen molar-refractivity contribution in [2.45, 2.75) is 63.1 Å². The van der Waals surface area contributed by atoms with Crippen LogP contribution in [0.4, 0.5) is 4.39 Å². The van der Waals surface area contributed by atoms with Crippen LogP contribution < -0.4 is 31.7 Å². The van der Waals surface area contributed by atoms with Crippen molar-refractivity contribution in [3.8, 4) is 11.5 Å². The Labute approximate surface area is 216 Å². The fourth-order valence-corrected chi connectivity index (χ4v) is 5.32. The first-order chi connectivity index (χ1) is 17.9. The number of ether oxygens (including phenoxy) is 1. The molecule has 6 N–H and O–H groups in total. The van der Waals surface area contributed by atoms with Crippen LogP contribution in [-0.4, -0.2) is 54.6 Å². The Kier molecular flexibility index (Phi) is 7.99. The van der Waals surface area contributed by atoms with Crippen molar-refractivity contribution in [3.63, 3.8) is 0 Å². The molecule has 3 saturated heterocycles. The number of primary amides is 1. The highest BCUT2D eigenvalue weighted by molar-refractivity contribution is 5.83. The van der Waals surface area contributed by atoms with E-state index in [1.54, 1.807) is 12.1 Å². The van der Waals surface area contributed by atoms with Gasteiger partial charge >= 0.3 is 0 Å². The molecule has 0 bridgehead atoms. The molecule has 2 aromatic carbocycles. The van der Waals surface area contributed by atoms with Crippen LogP contribution in [0.5, 0.6) is 11.5 Å². The molecule has 2 aromatic rings. The number of amides is 2. The van der Waals surface area contributed by atoms with E-state index in [9.17, 15) is 14.0 Å². The third-order valence-electron chi connectivity index (χ3n) is 7.30. The number of nitrogens with one attached hydrogen (secondary N) is 4. The molecular weight excluding hydrogens is 475 g/mol. The lowest BCUT2D eigenvalue weighted by Gasteiger charge is -2.38. The zero-order chi connectivity index (χ0) is 25.8. The van der Waals surface area contributed by atoms with E-state index >= 15 is 0 Å².